The van der Waals surface area contributed by atoms with Gasteiger partial charge in [0.15, 0.2) is 0 Å². The van der Waals surface area contributed by atoms with Crippen LogP contribution in [0.4, 0.5) is 4.79 Å². The predicted octanol–water partition coefficient (Wildman–Crippen LogP) is 15.4. The Hall–Kier alpha value is -2.09. The second-order valence-electron chi connectivity index (χ2n) is 24.0. The molecule has 0 aromatic heterocycles. The number of carbonyl (C=O) groups is 3. The number of fused-ring (bicyclic) bond motifs is 5. The molecule has 0 aromatic rings. The normalized spacial score (nSPS) is 25.8. The van der Waals surface area contributed by atoms with Gasteiger partial charge in [0.2, 0.25) is 11.8 Å². The fraction of sp³-hybridized carbons (Fsp3) is 0.917. The van der Waals surface area contributed by atoms with Gasteiger partial charge < -0.3 is 21.1 Å². The topological polar surface area (TPSA) is 114 Å². The molecule has 8 nitrogen and oxygen atoms in total. The molecule has 3 saturated carbocycles. The Morgan fingerprint density at radius 2 is 1.26 bits per heavy atom. The highest BCUT2D eigenvalue weighted by Crippen LogP contribution is 2.67. The Balaban J connectivity index is 1.11. The third-order valence-corrected chi connectivity index (χ3v) is 18.3. The zero-order valence-electron chi connectivity index (χ0n) is 45.6. The Morgan fingerprint density at radius 3 is 1.90 bits per heavy atom. The van der Waals surface area contributed by atoms with Crippen molar-refractivity contribution in [3.05, 3.63) is 11.6 Å². The van der Waals surface area contributed by atoms with Crippen molar-refractivity contribution < 1.29 is 19.1 Å². The van der Waals surface area contributed by atoms with E-state index < -0.39 is 0 Å². The van der Waals surface area contributed by atoms with Gasteiger partial charge in [-0.2, -0.15) is 0 Å². The van der Waals surface area contributed by atoms with E-state index in [2.05, 4.69) is 58.3 Å². The van der Waals surface area contributed by atoms with Crippen molar-refractivity contribution in [2.75, 3.05) is 32.7 Å². The van der Waals surface area contributed by atoms with Crippen molar-refractivity contribution in [3.63, 3.8) is 0 Å². The summed E-state index contributed by atoms with van der Waals surface area (Å²) in [6.07, 6.45) is 44.6. The Labute approximate surface area is 419 Å². The van der Waals surface area contributed by atoms with E-state index in [-0.39, 0.29) is 36.0 Å². The molecule has 3 amide bonds. The molecule has 8 heteroatoms. The first kappa shape index (κ1) is 58.5. The summed E-state index contributed by atoms with van der Waals surface area (Å²) in [5.41, 5.74) is 7.87. The lowest BCUT2D eigenvalue weighted by molar-refractivity contribution is -0.122. The first-order valence-electron chi connectivity index (χ1n) is 29.8. The first-order chi connectivity index (χ1) is 32.9. The zero-order chi connectivity index (χ0) is 49.0. The number of hydrogen-bond acceptors (Lipinski definition) is 5. The van der Waals surface area contributed by atoms with Crippen molar-refractivity contribution in [1.82, 2.24) is 15.5 Å². The van der Waals surface area contributed by atoms with E-state index in [1.54, 1.807) is 4.90 Å². The van der Waals surface area contributed by atoms with Gasteiger partial charge >= 0.3 is 6.09 Å². The molecule has 0 spiro atoms. The Bertz CT molecular complexity index is 1430. The average molecular weight is 952 g/mol. The average Bonchev–Trinajstić information content (AvgIpc) is 3.68. The van der Waals surface area contributed by atoms with Crippen molar-refractivity contribution in [3.8, 4) is 0 Å². The van der Waals surface area contributed by atoms with Crippen LogP contribution in [0.5, 0.6) is 0 Å². The fourth-order valence-corrected chi connectivity index (χ4v) is 14.0. The van der Waals surface area contributed by atoms with Crippen LogP contribution in [-0.2, 0) is 14.3 Å². The minimum absolute atomic E-state index is 0.0191. The fourth-order valence-electron chi connectivity index (χ4n) is 14.0. The third-order valence-electron chi connectivity index (χ3n) is 18.3. The molecule has 0 aromatic carbocycles. The summed E-state index contributed by atoms with van der Waals surface area (Å²) in [6.45, 7) is 17.2. The van der Waals surface area contributed by atoms with Crippen LogP contribution in [0.15, 0.2) is 11.6 Å². The highest BCUT2D eigenvalue weighted by Gasteiger charge is 2.59. The number of hydrogen-bond donors (Lipinski definition) is 3. The standard InChI is InChI=1S/C60H110N4O4/c1-7-8-9-10-11-12-13-14-15-16-17-18-19-20-21-22-25-33-56(65)62-43-27-23-24-29-45-64(47-57(66)63-44-28-26-42-61)58(67)68-51-38-40-59(5)50(46-51)34-35-52-54-37-36-53(49(4)32-30-31-48(2)3)60(54,6)41-39-55(52)59/h34,48-49,51-55H,7-33,35-47,61H2,1-6H3,(H,62,65)(H,63,66)/t49-,51+,52+,53-,54+,55+,59+,60-/m1/s1. The summed E-state index contributed by atoms with van der Waals surface area (Å²) in [4.78, 5) is 41.1. The summed E-state index contributed by atoms with van der Waals surface area (Å²) in [5, 5.41) is 6.13. The minimum Gasteiger partial charge on any atom is -0.446 e. The number of unbranched alkanes of at least 4 members (excludes halogenated alkanes) is 20. The summed E-state index contributed by atoms with van der Waals surface area (Å²) in [7, 11) is 0. The zero-order valence-corrected chi connectivity index (χ0v) is 45.6. The molecule has 8 atom stereocenters. The number of carbonyl (C=O) groups excluding carboxylic acids is 3. The van der Waals surface area contributed by atoms with E-state index in [1.807, 2.05) is 0 Å². The monoisotopic (exact) mass is 951 g/mol. The van der Waals surface area contributed by atoms with E-state index in [0.717, 1.165) is 106 Å². The van der Waals surface area contributed by atoms with Crippen LogP contribution >= 0.6 is 0 Å². The lowest BCUT2D eigenvalue weighted by atomic mass is 9.47. The molecule has 4 N–H and O–H groups in total. The highest BCUT2D eigenvalue weighted by molar-refractivity contribution is 5.82. The van der Waals surface area contributed by atoms with Gasteiger partial charge in [-0.25, -0.2) is 4.79 Å². The SMILES string of the molecule is CCCCCCCCCCCCCCCCCCCC(=O)NCCCCCCN(CC(=O)NCCCCN)C(=O)O[C@H]1CC[C@@]2(C)C(=CC[C@H]3[C@@H]4CC[C@H]([C@H](C)CCCC(C)C)[C@@]4(C)CC[C@@H]32)C1. The smallest absolute Gasteiger partial charge is 0.410 e. The van der Waals surface area contributed by atoms with E-state index in [1.165, 1.54) is 153 Å². The number of nitrogens with two attached hydrogens (primary N) is 1. The van der Waals surface area contributed by atoms with E-state index in [0.29, 0.717) is 38.0 Å². The largest absolute Gasteiger partial charge is 0.446 e. The number of nitrogens with one attached hydrogen (secondary N) is 2. The summed E-state index contributed by atoms with van der Waals surface area (Å²) in [5.74, 6) is 4.87. The quantitative estimate of drug-likeness (QED) is 0.0424. The van der Waals surface area contributed by atoms with Crippen molar-refractivity contribution in [2.24, 2.45) is 52.1 Å². The van der Waals surface area contributed by atoms with E-state index in [9.17, 15) is 14.4 Å². The molecule has 0 unspecified atom stereocenters. The van der Waals surface area contributed by atoms with Crippen molar-refractivity contribution in [2.45, 2.75) is 272 Å². The molecular formula is C60H110N4O4. The van der Waals surface area contributed by atoms with Gasteiger partial charge in [0.1, 0.15) is 12.6 Å². The second-order valence-corrected chi connectivity index (χ2v) is 24.0. The van der Waals surface area contributed by atoms with Gasteiger partial charge in [0, 0.05) is 32.5 Å². The van der Waals surface area contributed by atoms with E-state index in [4.69, 9.17) is 10.5 Å². The van der Waals surface area contributed by atoms with Crippen molar-refractivity contribution >= 4 is 17.9 Å². The summed E-state index contributed by atoms with van der Waals surface area (Å²) in [6, 6.07) is 0. The summed E-state index contributed by atoms with van der Waals surface area (Å²) < 4.78 is 6.32. The van der Waals surface area contributed by atoms with Crippen LogP contribution < -0.4 is 16.4 Å². The van der Waals surface area contributed by atoms with Gasteiger partial charge in [0.05, 0.1) is 0 Å². The second kappa shape index (κ2) is 32.8. The molecule has 0 radical (unpaired) electrons. The van der Waals surface area contributed by atoms with Crippen molar-refractivity contribution in [1.29, 1.82) is 0 Å². The van der Waals surface area contributed by atoms with Gasteiger partial charge in [0.25, 0.3) is 0 Å². The van der Waals surface area contributed by atoms with Crippen LogP contribution in [-0.4, -0.2) is 61.6 Å². The molecule has 0 bridgehead atoms. The molecule has 4 aliphatic carbocycles. The van der Waals surface area contributed by atoms with Crippen LogP contribution in [0.25, 0.3) is 0 Å². The van der Waals surface area contributed by atoms with Crippen LogP contribution in [0.1, 0.15) is 266 Å². The summed E-state index contributed by atoms with van der Waals surface area (Å²) >= 11 is 0. The third kappa shape index (κ3) is 19.8. The van der Waals surface area contributed by atoms with Crippen LogP contribution in [0, 0.1) is 46.3 Å². The maximum atomic E-state index is 13.9. The molecule has 3 fully saturated rings. The number of amides is 3. The molecule has 4 rings (SSSR count). The van der Waals surface area contributed by atoms with Gasteiger partial charge in [-0.1, -0.05) is 188 Å². The maximum Gasteiger partial charge on any atom is 0.410 e. The van der Waals surface area contributed by atoms with Gasteiger partial charge in [-0.3, -0.25) is 14.5 Å². The lowest BCUT2D eigenvalue weighted by Crippen LogP contribution is -2.51. The molecule has 394 valence electrons. The number of rotatable bonds is 37. The lowest BCUT2D eigenvalue weighted by Gasteiger charge is -2.58. The molecule has 0 heterocycles. The first-order valence-corrected chi connectivity index (χ1v) is 29.8. The highest BCUT2D eigenvalue weighted by atomic mass is 16.6. The number of nitrogens with zero attached hydrogens (tertiary/aromatic N) is 1. The molecule has 0 saturated heterocycles. The Morgan fingerprint density at radius 1 is 0.676 bits per heavy atom. The Kier molecular flexibility index (Phi) is 28.2. The minimum atomic E-state index is -0.352. The maximum absolute atomic E-state index is 13.9. The molecule has 68 heavy (non-hydrogen) atoms. The van der Waals surface area contributed by atoms with E-state index >= 15 is 0 Å². The molecule has 4 aliphatic rings. The number of allylic oxidation sites excluding steroid dienone is 1. The molecular weight excluding hydrogens is 841 g/mol. The van der Waals surface area contributed by atoms with Crippen LogP contribution in [0.2, 0.25) is 0 Å². The number of ether oxygens (including phenoxy) is 1. The molecule has 0 aliphatic heterocycles. The van der Waals surface area contributed by atoms with Crippen LogP contribution in [0.3, 0.4) is 0 Å². The van der Waals surface area contributed by atoms with Gasteiger partial charge in [-0.15, -0.1) is 0 Å². The predicted molar refractivity (Wildman–Crippen MR) is 286 cm³/mol. The van der Waals surface area contributed by atoms with Gasteiger partial charge in [-0.05, 0) is 130 Å².